The largest absolute Gasteiger partial charge is 0.447 e. The molecule has 4 aliphatic rings. The van der Waals surface area contributed by atoms with Gasteiger partial charge in [-0.15, -0.1) is 12.4 Å². The first-order valence-electron chi connectivity index (χ1n) is 8.05. The number of carbonyl (C=O) groups is 1. The predicted octanol–water partition coefficient (Wildman–Crippen LogP) is 1.20. The second-order valence-electron chi connectivity index (χ2n) is 7.14. The molecule has 0 saturated carbocycles. The smallest absolute Gasteiger partial charge is 0.409 e. The first-order chi connectivity index (χ1) is 10.5. The summed E-state index contributed by atoms with van der Waals surface area (Å²) in [7, 11) is 0. The number of morpholine rings is 1. The Bertz CT molecular complexity index is 464. The summed E-state index contributed by atoms with van der Waals surface area (Å²) in [5.41, 5.74) is -0.935. The molecule has 132 valence electrons. The van der Waals surface area contributed by atoms with E-state index in [0.29, 0.717) is 46.1 Å². The molecule has 23 heavy (non-hydrogen) atoms. The van der Waals surface area contributed by atoms with Crippen LogP contribution in [-0.2, 0) is 18.9 Å². The number of amides is 1. The molecule has 0 aromatic carbocycles. The first-order valence-corrected chi connectivity index (χ1v) is 8.05. The number of halogens is 1. The third-order valence-electron chi connectivity index (χ3n) is 5.51. The lowest BCUT2D eigenvalue weighted by atomic mass is 10.0. The summed E-state index contributed by atoms with van der Waals surface area (Å²) in [6.45, 7) is 7.98. The molecule has 4 fully saturated rings. The van der Waals surface area contributed by atoms with Crippen LogP contribution in [0.1, 0.15) is 26.7 Å². The third kappa shape index (κ3) is 2.53. The molecular weight excluding hydrogens is 324 g/mol. The van der Waals surface area contributed by atoms with Gasteiger partial charge in [-0.05, 0) is 26.7 Å². The average Bonchev–Trinajstić information content (AvgIpc) is 3.11. The highest BCUT2D eigenvalue weighted by molar-refractivity contribution is 5.85. The minimum atomic E-state index is -0.345. The summed E-state index contributed by atoms with van der Waals surface area (Å²) in [6.07, 6.45) is 1.63. The molecule has 4 aliphatic heterocycles. The van der Waals surface area contributed by atoms with Crippen LogP contribution in [0.4, 0.5) is 4.79 Å². The van der Waals surface area contributed by atoms with Crippen molar-refractivity contribution in [2.45, 2.75) is 43.7 Å². The Hall–Kier alpha value is -0.600. The highest BCUT2D eigenvalue weighted by Crippen LogP contribution is 2.55. The Labute approximate surface area is 142 Å². The van der Waals surface area contributed by atoms with E-state index in [4.69, 9.17) is 18.9 Å². The standard InChI is InChI=1S/C15H24N2O5.ClH/c1-13-3-4-14(2)17(13)15(10-21-13,11-22-14)9-20-12(18)16-5-7-19-8-6-16;/h3-11H2,1-2H3;1H. The first kappa shape index (κ1) is 17.2. The fourth-order valence-corrected chi connectivity index (χ4v) is 4.40. The number of rotatable bonds is 2. The van der Waals surface area contributed by atoms with E-state index in [-0.39, 0.29) is 35.5 Å². The molecule has 0 aliphatic carbocycles. The maximum atomic E-state index is 12.2. The zero-order chi connectivity index (χ0) is 15.4. The van der Waals surface area contributed by atoms with Crippen molar-refractivity contribution in [1.29, 1.82) is 0 Å². The number of nitrogens with zero attached hydrogens (tertiary/aromatic N) is 2. The average molecular weight is 349 g/mol. The number of hydrogen-bond donors (Lipinski definition) is 0. The molecule has 1 amide bonds. The summed E-state index contributed by atoms with van der Waals surface area (Å²) in [4.78, 5) is 16.2. The molecule has 4 saturated heterocycles. The summed E-state index contributed by atoms with van der Waals surface area (Å²) in [5, 5.41) is 0. The summed E-state index contributed by atoms with van der Waals surface area (Å²) >= 11 is 0. The molecule has 0 aromatic heterocycles. The zero-order valence-electron chi connectivity index (χ0n) is 13.7. The van der Waals surface area contributed by atoms with Crippen LogP contribution in [0.25, 0.3) is 0 Å². The molecule has 0 spiro atoms. The molecule has 0 radical (unpaired) electrons. The fourth-order valence-electron chi connectivity index (χ4n) is 4.40. The van der Waals surface area contributed by atoms with E-state index in [1.165, 1.54) is 0 Å². The van der Waals surface area contributed by atoms with Crippen molar-refractivity contribution < 1.29 is 23.7 Å². The Morgan fingerprint density at radius 3 is 2.22 bits per heavy atom. The van der Waals surface area contributed by atoms with E-state index in [0.717, 1.165) is 12.8 Å². The summed E-state index contributed by atoms with van der Waals surface area (Å²) in [5.74, 6) is 0. The van der Waals surface area contributed by atoms with Crippen LogP contribution in [0, 0.1) is 0 Å². The molecule has 0 N–H and O–H groups in total. The van der Waals surface area contributed by atoms with Crippen LogP contribution < -0.4 is 0 Å². The maximum Gasteiger partial charge on any atom is 0.409 e. The SMILES string of the molecule is CC12CCC3(C)OCC(COC(=O)N4CCOCC4)(CO1)N23.Cl. The zero-order valence-corrected chi connectivity index (χ0v) is 14.5. The highest BCUT2D eigenvalue weighted by atomic mass is 35.5. The second kappa shape index (κ2) is 5.74. The maximum absolute atomic E-state index is 12.2. The van der Waals surface area contributed by atoms with Gasteiger partial charge < -0.3 is 23.8 Å². The molecule has 4 rings (SSSR count). The van der Waals surface area contributed by atoms with Crippen molar-refractivity contribution in [3.8, 4) is 0 Å². The number of ether oxygens (including phenoxy) is 4. The van der Waals surface area contributed by atoms with Gasteiger partial charge in [0.25, 0.3) is 0 Å². The van der Waals surface area contributed by atoms with Gasteiger partial charge in [0.15, 0.2) is 0 Å². The lowest BCUT2D eigenvalue weighted by molar-refractivity contribution is -0.125. The van der Waals surface area contributed by atoms with Gasteiger partial charge in [0.1, 0.15) is 23.6 Å². The van der Waals surface area contributed by atoms with Crippen LogP contribution in [0.2, 0.25) is 0 Å². The third-order valence-corrected chi connectivity index (χ3v) is 5.51. The molecule has 0 bridgehead atoms. The van der Waals surface area contributed by atoms with Gasteiger partial charge in [-0.25, -0.2) is 9.69 Å². The van der Waals surface area contributed by atoms with Gasteiger partial charge in [-0.2, -0.15) is 0 Å². The lowest BCUT2D eigenvalue weighted by Gasteiger charge is -2.38. The minimum absolute atomic E-state index is 0. The number of hydrogen-bond acceptors (Lipinski definition) is 6. The normalized spacial score (nSPS) is 42.4. The Kier molecular flexibility index (Phi) is 4.30. The quantitative estimate of drug-likeness (QED) is 0.747. The Balaban J connectivity index is 0.00000156. The van der Waals surface area contributed by atoms with E-state index in [1.54, 1.807) is 4.90 Å². The van der Waals surface area contributed by atoms with E-state index < -0.39 is 0 Å². The summed E-state index contributed by atoms with van der Waals surface area (Å²) in [6, 6.07) is 0. The van der Waals surface area contributed by atoms with Gasteiger partial charge in [-0.3, -0.25) is 0 Å². The molecule has 7 nitrogen and oxygen atoms in total. The van der Waals surface area contributed by atoms with E-state index in [1.807, 2.05) is 0 Å². The minimum Gasteiger partial charge on any atom is -0.447 e. The predicted molar refractivity (Wildman–Crippen MR) is 83.5 cm³/mol. The molecule has 8 heteroatoms. The van der Waals surface area contributed by atoms with Gasteiger partial charge in [0, 0.05) is 13.1 Å². The van der Waals surface area contributed by atoms with Crippen molar-refractivity contribution in [2.24, 2.45) is 0 Å². The van der Waals surface area contributed by atoms with Crippen LogP contribution in [-0.4, -0.2) is 79.0 Å². The van der Waals surface area contributed by atoms with Crippen molar-refractivity contribution >= 4 is 18.5 Å². The molecule has 4 heterocycles. The van der Waals surface area contributed by atoms with Crippen molar-refractivity contribution in [3.05, 3.63) is 0 Å². The van der Waals surface area contributed by atoms with Crippen molar-refractivity contribution in [3.63, 3.8) is 0 Å². The molecular formula is C15H25ClN2O5. The van der Waals surface area contributed by atoms with Crippen LogP contribution in [0.15, 0.2) is 0 Å². The van der Waals surface area contributed by atoms with E-state index in [2.05, 4.69) is 18.7 Å². The van der Waals surface area contributed by atoms with Crippen molar-refractivity contribution in [1.82, 2.24) is 9.80 Å². The fraction of sp³-hybridized carbons (Fsp3) is 0.933. The molecule has 2 atom stereocenters. The topological polar surface area (TPSA) is 60.5 Å². The number of carbonyl (C=O) groups excluding carboxylic acids is 1. The van der Waals surface area contributed by atoms with Gasteiger partial charge in [0.2, 0.25) is 0 Å². The van der Waals surface area contributed by atoms with Gasteiger partial charge >= 0.3 is 6.09 Å². The Morgan fingerprint density at radius 2 is 1.65 bits per heavy atom. The second-order valence-corrected chi connectivity index (χ2v) is 7.14. The van der Waals surface area contributed by atoms with Crippen molar-refractivity contribution in [2.75, 3.05) is 46.1 Å². The van der Waals surface area contributed by atoms with Crippen LogP contribution in [0.3, 0.4) is 0 Å². The Morgan fingerprint density at radius 1 is 1.09 bits per heavy atom. The van der Waals surface area contributed by atoms with Crippen LogP contribution in [0.5, 0.6) is 0 Å². The molecule has 0 aromatic rings. The van der Waals surface area contributed by atoms with Gasteiger partial charge in [0.05, 0.1) is 26.4 Å². The lowest BCUT2D eigenvalue weighted by Crippen LogP contribution is -2.56. The van der Waals surface area contributed by atoms with E-state index in [9.17, 15) is 4.79 Å². The molecule has 2 unspecified atom stereocenters. The monoisotopic (exact) mass is 348 g/mol. The van der Waals surface area contributed by atoms with Gasteiger partial charge in [-0.1, -0.05) is 0 Å². The summed E-state index contributed by atoms with van der Waals surface area (Å²) < 4.78 is 23.0. The van der Waals surface area contributed by atoms with Crippen LogP contribution >= 0.6 is 12.4 Å². The highest BCUT2D eigenvalue weighted by Gasteiger charge is 2.69. The van der Waals surface area contributed by atoms with E-state index >= 15 is 0 Å².